The first-order chi connectivity index (χ1) is 14.7. The summed E-state index contributed by atoms with van der Waals surface area (Å²) in [4.78, 5) is 28.9. The minimum Gasteiger partial charge on any atom is -0.439 e. The number of hydrogen-bond acceptors (Lipinski definition) is 5. The summed E-state index contributed by atoms with van der Waals surface area (Å²) in [6, 6.07) is 24.6. The van der Waals surface area contributed by atoms with E-state index in [4.69, 9.17) is 4.74 Å². The summed E-state index contributed by atoms with van der Waals surface area (Å²) >= 11 is 0. The molecule has 0 unspecified atom stereocenters. The van der Waals surface area contributed by atoms with E-state index < -0.39 is 0 Å². The van der Waals surface area contributed by atoms with E-state index in [9.17, 15) is 9.59 Å². The van der Waals surface area contributed by atoms with Crippen LogP contribution < -0.4 is 15.6 Å². The number of carbonyl (C=O) groups excluding carboxylic acids is 1. The normalized spacial score (nSPS) is 10.4. The Morgan fingerprint density at radius 3 is 2.43 bits per heavy atom. The summed E-state index contributed by atoms with van der Waals surface area (Å²) in [6.45, 7) is 0.263. The molecule has 2 heterocycles. The van der Waals surface area contributed by atoms with Crippen molar-refractivity contribution in [1.29, 1.82) is 0 Å². The first kappa shape index (κ1) is 19.1. The molecule has 0 atom stereocenters. The van der Waals surface area contributed by atoms with Gasteiger partial charge in [-0.1, -0.05) is 36.4 Å². The van der Waals surface area contributed by atoms with E-state index >= 15 is 0 Å². The van der Waals surface area contributed by atoms with Crippen molar-refractivity contribution >= 4 is 5.91 Å². The molecule has 1 amide bonds. The fraction of sp³-hybridized carbons (Fsp3) is 0.0435. The van der Waals surface area contributed by atoms with Gasteiger partial charge >= 0.3 is 0 Å². The quantitative estimate of drug-likeness (QED) is 0.538. The van der Waals surface area contributed by atoms with Gasteiger partial charge in [-0.15, -0.1) is 0 Å². The average Bonchev–Trinajstić information content (AvgIpc) is 2.79. The van der Waals surface area contributed by atoms with Gasteiger partial charge in [0.15, 0.2) is 0 Å². The fourth-order valence-electron chi connectivity index (χ4n) is 2.78. The standard InChI is InChI=1S/C23H18N4O3/c28-22-12-11-20(26-27(22)18-7-3-1-4-8-18)23(29)25-16-17-13-14-24-21(15-17)30-19-9-5-2-6-10-19/h1-15H,16H2,(H,25,29). The Labute approximate surface area is 172 Å². The number of amides is 1. The average molecular weight is 398 g/mol. The molecular weight excluding hydrogens is 380 g/mol. The Kier molecular flexibility index (Phi) is 5.61. The van der Waals surface area contributed by atoms with Crippen molar-refractivity contribution in [3.8, 4) is 17.3 Å². The number of carbonyl (C=O) groups is 1. The molecule has 2 aromatic carbocycles. The van der Waals surface area contributed by atoms with E-state index in [2.05, 4.69) is 15.4 Å². The van der Waals surface area contributed by atoms with Crippen LogP contribution >= 0.6 is 0 Å². The monoisotopic (exact) mass is 398 g/mol. The molecule has 0 aliphatic carbocycles. The van der Waals surface area contributed by atoms with Crippen molar-refractivity contribution in [2.75, 3.05) is 0 Å². The van der Waals surface area contributed by atoms with E-state index in [1.54, 1.807) is 42.6 Å². The largest absolute Gasteiger partial charge is 0.439 e. The number of nitrogens with one attached hydrogen (secondary N) is 1. The predicted octanol–water partition coefficient (Wildman–Crippen LogP) is 3.35. The van der Waals surface area contributed by atoms with Crippen molar-refractivity contribution in [3.05, 3.63) is 113 Å². The van der Waals surface area contributed by atoms with Crippen molar-refractivity contribution in [2.45, 2.75) is 6.54 Å². The number of hydrogen-bond donors (Lipinski definition) is 1. The second kappa shape index (κ2) is 8.83. The Morgan fingerprint density at radius 2 is 1.67 bits per heavy atom. The minimum atomic E-state index is -0.387. The number of ether oxygens (including phenoxy) is 1. The van der Waals surface area contributed by atoms with Gasteiger partial charge in [0.1, 0.15) is 11.4 Å². The third-order valence-corrected chi connectivity index (χ3v) is 4.25. The molecule has 7 heteroatoms. The molecule has 1 N–H and O–H groups in total. The lowest BCUT2D eigenvalue weighted by molar-refractivity contribution is 0.0944. The molecule has 0 saturated heterocycles. The molecule has 0 radical (unpaired) electrons. The van der Waals surface area contributed by atoms with Gasteiger partial charge in [0, 0.05) is 24.9 Å². The second-order valence-corrected chi connectivity index (χ2v) is 6.40. The van der Waals surface area contributed by atoms with Crippen LogP contribution in [0.4, 0.5) is 0 Å². The van der Waals surface area contributed by atoms with Crippen LogP contribution in [-0.4, -0.2) is 20.7 Å². The molecule has 0 fully saturated rings. The first-order valence-electron chi connectivity index (χ1n) is 9.31. The van der Waals surface area contributed by atoms with Crippen LogP contribution in [0, 0.1) is 0 Å². The Hall–Kier alpha value is -4.26. The van der Waals surface area contributed by atoms with Gasteiger partial charge in [0.05, 0.1) is 5.69 Å². The molecule has 30 heavy (non-hydrogen) atoms. The summed E-state index contributed by atoms with van der Waals surface area (Å²) in [7, 11) is 0. The summed E-state index contributed by atoms with van der Waals surface area (Å²) in [5, 5.41) is 6.99. The fourth-order valence-corrected chi connectivity index (χ4v) is 2.78. The highest BCUT2D eigenvalue weighted by atomic mass is 16.5. The van der Waals surface area contributed by atoms with Crippen LogP contribution in [0.15, 0.2) is 95.9 Å². The minimum absolute atomic E-state index is 0.147. The van der Waals surface area contributed by atoms with E-state index in [1.165, 1.54) is 16.8 Å². The maximum Gasteiger partial charge on any atom is 0.272 e. The number of benzene rings is 2. The van der Waals surface area contributed by atoms with Gasteiger partial charge in [0.2, 0.25) is 5.88 Å². The smallest absolute Gasteiger partial charge is 0.272 e. The van der Waals surface area contributed by atoms with Crippen LogP contribution in [0.25, 0.3) is 5.69 Å². The zero-order chi connectivity index (χ0) is 20.8. The second-order valence-electron chi connectivity index (χ2n) is 6.40. The Balaban J connectivity index is 1.45. The van der Waals surface area contributed by atoms with Gasteiger partial charge < -0.3 is 10.1 Å². The molecule has 0 saturated carbocycles. The van der Waals surface area contributed by atoms with Gasteiger partial charge in [-0.05, 0) is 42.0 Å². The number of rotatable bonds is 6. The third-order valence-electron chi connectivity index (χ3n) is 4.25. The summed E-state index contributed by atoms with van der Waals surface area (Å²) in [5.41, 5.74) is 1.25. The highest BCUT2D eigenvalue weighted by Crippen LogP contribution is 2.19. The lowest BCUT2D eigenvalue weighted by atomic mass is 10.2. The SMILES string of the molecule is O=C(NCc1ccnc(Oc2ccccc2)c1)c1ccc(=O)n(-c2ccccc2)n1. The Bertz CT molecular complexity index is 1210. The van der Waals surface area contributed by atoms with Gasteiger partial charge in [-0.3, -0.25) is 9.59 Å². The van der Waals surface area contributed by atoms with Crippen LogP contribution in [0.3, 0.4) is 0 Å². The van der Waals surface area contributed by atoms with Gasteiger partial charge in [-0.25, -0.2) is 4.98 Å². The summed E-state index contributed by atoms with van der Waals surface area (Å²) < 4.78 is 6.92. The zero-order valence-electron chi connectivity index (χ0n) is 15.9. The maximum absolute atomic E-state index is 12.6. The van der Waals surface area contributed by atoms with Gasteiger partial charge in [0.25, 0.3) is 11.5 Å². The van der Waals surface area contributed by atoms with E-state index in [0.717, 1.165) is 5.56 Å². The van der Waals surface area contributed by atoms with E-state index in [-0.39, 0.29) is 23.7 Å². The lowest BCUT2D eigenvalue weighted by Gasteiger charge is -2.09. The Morgan fingerprint density at radius 1 is 0.933 bits per heavy atom. The molecule has 7 nitrogen and oxygen atoms in total. The van der Waals surface area contributed by atoms with E-state index in [0.29, 0.717) is 17.3 Å². The molecule has 4 rings (SSSR count). The summed E-state index contributed by atoms with van der Waals surface area (Å²) in [6.07, 6.45) is 1.62. The van der Waals surface area contributed by atoms with Crippen molar-refractivity contribution in [1.82, 2.24) is 20.1 Å². The van der Waals surface area contributed by atoms with Crippen molar-refractivity contribution in [3.63, 3.8) is 0 Å². The molecule has 0 aliphatic rings. The van der Waals surface area contributed by atoms with Crippen LogP contribution in [0.5, 0.6) is 11.6 Å². The highest BCUT2D eigenvalue weighted by Gasteiger charge is 2.11. The third kappa shape index (κ3) is 4.59. The molecule has 0 aliphatic heterocycles. The molecule has 0 bridgehead atoms. The number of para-hydroxylation sites is 2. The first-order valence-corrected chi connectivity index (χ1v) is 9.31. The van der Waals surface area contributed by atoms with Crippen LogP contribution in [0.2, 0.25) is 0 Å². The van der Waals surface area contributed by atoms with Crippen LogP contribution in [-0.2, 0) is 6.54 Å². The number of nitrogens with zero attached hydrogens (tertiary/aromatic N) is 3. The van der Waals surface area contributed by atoms with Crippen LogP contribution in [0.1, 0.15) is 16.1 Å². The van der Waals surface area contributed by atoms with Crippen molar-refractivity contribution in [2.24, 2.45) is 0 Å². The molecule has 2 aromatic heterocycles. The maximum atomic E-state index is 12.6. The number of pyridine rings is 1. The lowest BCUT2D eigenvalue weighted by Crippen LogP contribution is -2.28. The van der Waals surface area contributed by atoms with Gasteiger partial charge in [-0.2, -0.15) is 9.78 Å². The number of aromatic nitrogens is 3. The molecule has 148 valence electrons. The van der Waals surface area contributed by atoms with E-state index in [1.807, 2.05) is 36.4 Å². The molecular formula is C23H18N4O3. The topological polar surface area (TPSA) is 86.1 Å². The predicted molar refractivity (Wildman–Crippen MR) is 112 cm³/mol. The molecule has 4 aromatic rings. The zero-order valence-corrected chi connectivity index (χ0v) is 15.9. The molecule has 0 spiro atoms. The van der Waals surface area contributed by atoms with Crippen molar-refractivity contribution < 1.29 is 9.53 Å². The highest BCUT2D eigenvalue weighted by molar-refractivity contribution is 5.92. The summed E-state index contributed by atoms with van der Waals surface area (Å²) in [5.74, 6) is 0.726.